The van der Waals surface area contributed by atoms with Gasteiger partial charge in [-0.3, -0.25) is 4.79 Å². The van der Waals surface area contributed by atoms with Gasteiger partial charge in [-0.15, -0.1) is 0 Å². The lowest BCUT2D eigenvalue weighted by Crippen LogP contribution is -2.48. The van der Waals surface area contributed by atoms with Crippen molar-refractivity contribution in [2.24, 2.45) is 0 Å². The molecule has 1 aromatic carbocycles. The average Bonchev–Trinajstić information content (AvgIpc) is 2.38. The molecule has 1 saturated heterocycles. The first-order chi connectivity index (χ1) is 8.61. The highest BCUT2D eigenvalue weighted by Crippen LogP contribution is 2.17. The van der Waals surface area contributed by atoms with E-state index in [2.05, 4.69) is 11.8 Å². The predicted octanol–water partition coefficient (Wildman–Crippen LogP) is 1.35. The Hall–Kier alpha value is -1.55. The molecule has 98 valence electrons. The van der Waals surface area contributed by atoms with Crippen LogP contribution in [-0.2, 0) is 0 Å². The fraction of sp³-hybridized carbons (Fsp3) is 0.500. The van der Waals surface area contributed by atoms with Crippen LogP contribution in [-0.4, -0.2) is 48.4 Å². The Morgan fingerprint density at radius 2 is 1.94 bits per heavy atom. The van der Waals surface area contributed by atoms with E-state index < -0.39 is 0 Å². The average molecular weight is 247 g/mol. The Morgan fingerprint density at radius 3 is 2.50 bits per heavy atom. The number of amides is 1. The van der Waals surface area contributed by atoms with Crippen LogP contribution in [0.5, 0.6) is 0 Å². The van der Waals surface area contributed by atoms with E-state index in [-0.39, 0.29) is 5.91 Å². The lowest BCUT2D eigenvalue weighted by atomic mass is 10.1. The molecule has 1 fully saturated rings. The summed E-state index contributed by atoms with van der Waals surface area (Å²) in [6, 6.07) is 5.63. The van der Waals surface area contributed by atoms with Gasteiger partial charge in [0.15, 0.2) is 0 Å². The van der Waals surface area contributed by atoms with Crippen molar-refractivity contribution in [2.45, 2.75) is 13.8 Å². The van der Waals surface area contributed by atoms with Gasteiger partial charge in [0.25, 0.3) is 5.91 Å². The van der Waals surface area contributed by atoms with Crippen molar-refractivity contribution in [3.63, 3.8) is 0 Å². The number of nitrogens with zero attached hydrogens (tertiary/aromatic N) is 2. The second kappa shape index (κ2) is 5.40. The number of carbonyl (C=O) groups excluding carboxylic acids is 1. The Balaban J connectivity index is 2.08. The second-order valence-electron chi connectivity index (χ2n) is 4.82. The van der Waals surface area contributed by atoms with Crippen LogP contribution in [0.4, 0.5) is 5.69 Å². The Labute approximate surface area is 108 Å². The third kappa shape index (κ3) is 2.64. The van der Waals surface area contributed by atoms with Crippen LogP contribution in [0.15, 0.2) is 18.2 Å². The molecular formula is C14H21N3O. The number of hydrogen-bond donors (Lipinski definition) is 1. The molecule has 4 nitrogen and oxygen atoms in total. The number of benzene rings is 1. The smallest absolute Gasteiger partial charge is 0.256 e. The number of piperazine rings is 1. The third-order valence-corrected chi connectivity index (χ3v) is 3.54. The molecule has 1 aliphatic heterocycles. The number of hydrogen-bond acceptors (Lipinski definition) is 3. The van der Waals surface area contributed by atoms with Gasteiger partial charge in [0.2, 0.25) is 0 Å². The van der Waals surface area contributed by atoms with E-state index >= 15 is 0 Å². The number of anilines is 1. The van der Waals surface area contributed by atoms with Crippen molar-refractivity contribution < 1.29 is 4.79 Å². The zero-order valence-electron chi connectivity index (χ0n) is 11.1. The Morgan fingerprint density at radius 1 is 1.28 bits per heavy atom. The van der Waals surface area contributed by atoms with Gasteiger partial charge in [0, 0.05) is 31.9 Å². The molecule has 0 aromatic heterocycles. The summed E-state index contributed by atoms with van der Waals surface area (Å²) in [7, 11) is 0. The van der Waals surface area contributed by atoms with Crippen LogP contribution in [0.2, 0.25) is 0 Å². The second-order valence-corrected chi connectivity index (χ2v) is 4.82. The van der Waals surface area contributed by atoms with E-state index in [1.807, 2.05) is 30.0 Å². The molecule has 2 rings (SSSR count). The maximum atomic E-state index is 12.4. The van der Waals surface area contributed by atoms with Gasteiger partial charge in [-0.2, -0.15) is 0 Å². The van der Waals surface area contributed by atoms with E-state index in [0.717, 1.165) is 38.3 Å². The summed E-state index contributed by atoms with van der Waals surface area (Å²) < 4.78 is 0. The van der Waals surface area contributed by atoms with E-state index in [4.69, 9.17) is 5.73 Å². The number of carbonyl (C=O) groups is 1. The molecule has 18 heavy (non-hydrogen) atoms. The summed E-state index contributed by atoms with van der Waals surface area (Å²) >= 11 is 0. The highest BCUT2D eigenvalue weighted by Gasteiger charge is 2.22. The van der Waals surface area contributed by atoms with Crippen molar-refractivity contribution in [1.82, 2.24) is 9.80 Å². The van der Waals surface area contributed by atoms with Gasteiger partial charge in [0.05, 0.1) is 5.56 Å². The highest BCUT2D eigenvalue weighted by atomic mass is 16.2. The van der Waals surface area contributed by atoms with Crippen LogP contribution in [0.1, 0.15) is 22.8 Å². The molecule has 1 heterocycles. The Kier molecular flexibility index (Phi) is 3.87. The lowest BCUT2D eigenvalue weighted by Gasteiger charge is -2.34. The third-order valence-electron chi connectivity index (χ3n) is 3.54. The molecule has 1 amide bonds. The first kappa shape index (κ1) is 12.9. The molecule has 1 aromatic rings. The minimum absolute atomic E-state index is 0.0586. The van der Waals surface area contributed by atoms with Gasteiger partial charge >= 0.3 is 0 Å². The fourth-order valence-corrected chi connectivity index (χ4v) is 2.31. The largest absolute Gasteiger partial charge is 0.398 e. The maximum absolute atomic E-state index is 12.4. The zero-order chi connectivity index (χ0) is 13.1. The van der Waals surface area contributed by atoms with Crippen molar-refractivity contribution in [2.75, 3.05) is 38.5 Å². The normalized spacial score (nSPS) is 16.9. The van der Waals surface area contributed by atoms with Crippen LogP contribution in [0.25, 0.3) is 0 Å². The van der Waals surface area contributed by atoms with Gasteiger partial charge in [-0.05, 0) is 31.2 Å². The van der Waals surface area contributed by atoms with Crippen molar-refractivity contribution >= 4 is 11.6 Å². The molecule has 0 aliphatic carbocycles. The first-order valence-electron chi connectivity index (χ1n) is 6.49. The van der Waals surface area contributed by atoms with Gasteiger partial charge < -0.3 is 15.5 Å². The Bertz CT molecular complexity index is 437. The highest BCUT2D eigenvalue weighted by molar-refractivity contribution is 5.99. The molecular weight excluding hydrogens is 226 g/mol. The lowest BCUT2D eigenvalue weighted by molar-refractivity contribution is 0.0644. The summed E-state index contributed by atoms with van der Waals surface area (Å²) in [5, 5.41) is 0. The van der Waals surface area contributed by atoms with E-state index in [9.17, 15) is 4.79 Å². The van der Waals surface area contributed by atoms with Crippen LogP contribution < -0.4 is 5.73 Å². The number of aryl methyl sites for hydroxylation is 1. The summed E-state index contributed by atoms with van der Waals surface area (Å²) in [6.45, 7) is 8.66. The van der Waals surface area contributed by atoms with Gasteiger partial charge in [-0.25, -0.2) is 0 Å². The number of nitrogen functional groups attached to an aromatic ring is 1. The minimum Gasteiger partial charge on any atom is -0.398 e. The molecule has 0 atom stereocenters. The monoisotopic (exact) mass is 247 g/mol. The van der Waals surface area contributed by atoms with E-state index in [0.29, 0.717) is 11.3 Å². The molecule has 2 N–H and O–H groups in total. The molecule has 0 radical (unpaired) electrons. The summed E-state index contributed by atoms with van der Waals surface area (Å²) in [5.74, 6) is 0.0586. The van der Waals surface area contributed by atoms with Crippen molar-refractivity contribution in [3.8, 4) is 0 Å². The molecule has 1 aliphatic rings. The molecule has 4 heteroatoms. The van der Waals surface area contributed by atoms with E-state index in [1.165, 1.54) is 0 Å². The van der Waals surface area contributed by atoms with Crippen LogP contribution in [0.3, 0.4) is 0 Å². The fourth-order valence-electron chi connectivity index (χ4n) is 2.31. The molecule has 0 spiro atoms. The standard InChI is InChI=1S/C14H21N3O/c1-3-16-6-8-17(9-7-16)14(18)12-5-4-11(2)10-13(12)15/h4-5,10H,3,6-9,15H2,1-2H3. The molecule has 0 saturated carbocycles. The predicted molar refractivity (Wildman–Crippen MR) is 73.6 cm³/mol. The number of nitrogens with two attached hydrogens (primary N) is 1. The minimum atomic E-state index is 0.0586. The van der Waals surface area contributed by atoms with Crippen LogP contribution in [0, 0.1) is 6.92 Å². The van der Waals surface area contributed by atoms with Crippen LogP contribution >= 0.6 is 0 Å². The van der Waals surface area contributed by atoms with Crippen molar-refractivity contribution in [3.05, 3.63) is 29.3 Å². The first-order valence-corrected chi connectivity index (χ1v) is 6.49. The SMILES string of the molecule is CCN1CCN(C(=O)c2ccc(C)cc2N)CC1. The summed E-state index contributed by atoms with van der Waals surface area (Å²) in [4.78, 5) is 16.6. The van der Waals surface area contributed by atoms with Gasteiger partial charge in [-0.1, -0.05) is 13.0 Å². The van der Waals surface area contributed by atoms with Crippen molar-refractivity contribution in [1.29, 1.82) is 0 Å². The number of likely N-dealkylation sites (N-methyl/N-ethyl adjacent to an activating group) is 1. The molecule has 0 unspecified atom stereocenters. The van der Waals surface area contributed by atoms with Gasteiger partial charge in [0.1, 0.15) is 0 Å². The molecule has 0 bridgehead atoms. The summed E-state index contributed by atoms with van der Waals surface area (Å²) in [6.07, 6.45) is 0. The number of rotatable bonds is 2. The quantitative estimate of drug-likeness (QED) is 0.803. The summed E-state index contributed by atoms with van der Waals surface area (Å²) in [5.41, 5.74) is 8.22. The maximum Gasteiger partial charge on any atom is 0.256 e. The van der Waals surface area contributed by atoms with E-state index in [1.54, 1.807) is 0 Å². The zero-order valence-corrected chi connectivity index (χ0v) is 11.1. The topological polar surface area (TPSA) is 49.6 Å².